The monoisotopic (exact) mass is 388 g/mol. The van der Waals surface area contributed by atoms with Crippen LogP contribution >= 0.6 is 0 Å². The van der Waals surface area contributed by atoms with Gasteiger partial charge in [0.25, 0.3) is 0 Å². The topological polar surface area (TPSA) is 66.5 Å². The Morgan fingerprint density at radius 1 is 1.04 bits per heavy atom. The van der Waals surface area contributed by atoms with Crippen LogP contribution in [0.2, 0.25) is 0 Å². The lowest BCUT2D eigenvalue weighted by molar-refractivity contribution is -0.120. The molecule has 1 atom stereocenters. The van der Waals surface area contributed by atoms with Gasteiger partial charge in [-0.1, -0.05) is 48.5 Å². The normalized spacial score (nSPS) is 12.4. The molecule has 0 aliphatic rings. The molecule has 0 saturated heterocycles. The second-order valence-corrected chi connectivity index (χ2v) is 8.91. The van der Waals surface area contributed by atoms with Crippen molar-refractivity contribution in [2.75, 3.05) is 17.1 Å². The van der Waals surface area contributed by atoms with Gasteiger partial charge in [0, 0.05) is 6.04 Å². The van der Waals surface area contributed by atoms with Gasteiger partial charge in [0.2, 0.25) is 15.9 Å². The van der Waals surface area contributed by atoms with Crippen LogP contribution in [0.4, 0.5) is 5.69 Å². The van der Waals surface area contributed by atoms with E-state index in [-0.39, 0.29) is 18.5 Å². The number of anilines is 1. The summed E-state index contributed by atoms with van der Waals surface area (Å²) in [4.78, 5) is 12.5. The van der Waals surface area contributed by atoms with E-state index in [2.05, 4.69) is 17.4 Å². The number of nitrogens with zero attached hydrogens (tertiary/aromatic N) is 1. The first-order valence-corrected chi connectivity index (χ1v) is 10.9. The van der Waals surface area contributed by atoms with E-state index in [1.54, 1.807) is 0 Å². The van der Waals surface area contributed by atoms with Crippen LogP contribution in [0.3, 0.4) is 0 Å². The van der Waals surface area contributed by atoms with Crippen LogP contribution in [0, 0.1) is 13.8 Å². The molecule has 0 unspecified atom stereocenters. The Morgan fingerprint density at radius 2 is 1.63 bits per heavy atom. The summed E-state index contributed by atoms with van der Waals surface area (Å²) < 4.78 is 25.8. The third-order valence-corrected chi connectivity index (χ3v) is 5.61. The van der Waals surface area contributed by atoms with E-state index in [0.29, 0.717) is 5.69 Å². The highest BCUT2D eigenvalue weighted by Gasteiger charge is 2.24. The second-order valence-electron chi connectivity index (χ2n) is 7.00. The molecule has 2 rings (SSSR count). The van der Waals surface area contributed by atoms with E-state index in [1.165, 1.54) is 9.87 Å². The number of amides is 1. The maximum atomic E-state index is 12.5. The average molecular weight is 389 g/mol. The van der Waals surface area contributed by atoms with E-state index in [1.807, 2.05) is 57.2 Å². The summed E-state index contributed by atoms with van der Waals surface area (Å²) in [6.45, 7) is 5.41. The molecule has 6 heteroatoms. The third-order valence-electron chi connectivity index (χ3n) is 4.49. The van der Waals surface area contributed by atoms with Gasteiger partial charge >= 0.3 is 0 Å². The number of benzene rings is 2. The SMILES string of the molecule is Cc1cccc(C)c1N(CC(=O)N[C@H](C)CCc1ccccc1)S(C)(=O)=O. The van der Waals surface area contributed by atoms with Crippen molar-refractivity contribution in [2.24, 2.45) is 0 Å². The Morgan fingerprint density at radius 3 is 2.19 bits per heavy atom. The van der Waals surface area contributed by atoms with E-state index in [0.717, 1.165) is 30.2 Å². The standard InChI is InChI=1S/C21H28N2O3S/c1-16-9-8-10-17(2)21(16)23(27(4,25)26)15-20(24)22-18(3)13-14-19-11-6-5-7-12-19/h5-12,18H,13-15H2,1-4H3,(H,22,24)/t18-/m1/s1. The number of para-hydroxylation sites is 1. The molecular weight excluding hydrogens is 360 g/mol. The van der Waals surface area contributed by atoms with Crippen LogP contribution in [0.5, 0.6) is 0 Å². The molecule has 0 radical (unpaired) electrons. The fourth-order valence-electron chi connectivity index (χ4n) is 3.11. The van der Waals surface area contributed by atoms with E-state index < -0.39 is 10.0 Å². The number of aryl methyl sites for hydroxylation is 3. The van der Waals surface area contributed by atoms with Crippen molar-refractivity contribution in [3.05, 3.63) is 65.2 Å². The summed E-state index contributed by atoms with van der Waals surface area (Å²) in [6, 6.07) is 15.6. The molecule has 0 aromatic heterocycles. The molecule has 146 valence electrons. The largest absolute Gasteiger partial charge is 0.352 e. The van der Waals surface area contributed by atoms with Crippen LogP contribution in [-0.4, -0.2) is 33.2 Å². The van der Waals surface area contributed by atoms with Gasteiger partial charge in [-0.25, -0.2) is 8.42 Å². The average Bonchev–Trinajstić information content (AvgIpc) is 2.59. The molecule has 0 spiro atoms. The van der Waals surface area contributed by atoms with Gasteiger partial charge < -0.3 is 5.32 Å². The first-order valence-electron chi connectivity index (χ1n) is 9.05. The van der Waals surface area contributed by atoms with Crippen molar-refractivity contribution in [2.45, 2.75) is 39.7 Å². The minimum absolute atomic E-state index is 0.0444. The summed E-state index contributed by atoms with van der Waals surface area (Å²) in [5.74, 6) is -0.302. The number of sulfonamides is 1. The number of carbonyl (C=O) groups excluding carboxylic acids is 1. The quantitative estimate of drug-likeness (QED) is 0.755. The highest BCUT2D eigenvalue weighted by atomic mass is 32.2. The van der Waals surface area contributed by atoms with E-state index in [9.17, 15) is 13.2 Å². The number of hydrogen-bond donors (Lipinski definition) is 1. The van der Waals surface area contributed by atoms with Crippen LogP contribution in [-0.2, 0) is 21.2 Å². The fraction of sp³-hybridized carbons (Fsp3) is 0.381. The molecule has 27 heavy (non-hydrogen) atoms. The van der Waals surface area contributed by atoms with Crippen molar-refractivity contribution < 1.29 is 13.2 Å². The summed E-state index contributed by atoms with van der Waals surface area (Å²) in [5.41, 5.74) is 3.44. The van der Waals surface area contributed by atoms with Crippen molar-refractivity contribution in [3.63, 3.8) is 0 Å². The lowest BCUT2D eigenvalue weighted by atomic mass is 10.1. The smallest absolute Gasteiger partial charge is 0.240 e. The lowest BCUT2D eigenvalue weighted by Crippen LogP contribution is -2.43. The van der Waals surface area contributed by atoms with Crippen LogP contribution in [0.1, 0.15) is 30.0 Å². The van der Waals surface area contributed by atoms with Gasteiger partial charge in [-0.05, 0) is 50.3 Å². The molecular formula is C21H28N2O3S. The van der Waals surface area contributed by atoms with Gasteiger partial charge in [-0.15, -0.1) is 0 Å². The molecule has 0 bridgehead atoms. The van der Waals surface area contributed by atoms with Crippen molar-refractivity contribution >= 4 is 21.6 Å². The predicted octanol–water partition coefficient (Wildman–Crippen LogP) is 3.21. The van der Waals surface area contributed by atoms with Crippen molar-refractivity contribution in [3.8, 4) is 0 Å². The Balaban J connectivity index is 2.04. The zero-order valence-electron chi connectivity index (χ0n) is 16.4. The molecule has 0 heterocycles. The molecule has 2 aromatic rings. The molecule has 0 aliphatic carbocycles. The fourth-order valence-corrected chi connectivity index (χ4v) is 4.08. The second kappa shape index (κ2) is 9.04. The summed E-state index contributed by atoms with van der Waals surface area (Å²) >= 11 is 0. The highest BCUT2D eigenvalue weighted by Crippen LogP contribution is 2.26. The lowest BCUT2D eigenvalue weighted by Gasteiger charge is -2.26. The molecule has 0 saturated carbocycles. The predicted molar refractivity (Wildman–Crippen MR) is 110 cm³/mol. The minimum Gasteiger partial charge on any atom is -0.352 e. The number of nitrogens with one attached hydrogen (secondary N) is 1. The maximum Gasteiger partial charge on any atom is 0.240 e. The van der Waals surface area contributed by atoms with Crippen molar-refractivity contribution in [1.82, 2.24) is 5.32 Å². The van der Waals surface area contributed by atoms with Crippen LogP contribution in [0.15, 0.2) is 48.5 Å². The number of carbonyl (C=O) groups is 1. The zero-order chi connectivity index (χ0) is 20.0. The van der Waals surface area contributed by atoms with Gasteiger partial charge in [0.05, 0.1) is 11.9 Å². The first-order chi connectivity index (χ1) is 12.7. The molecule has 1 N–H and O–H groups in total. The highest BCUT2D eigenvalue weighted by molar-refractivity contribution is 7.92. The minimum atomic E-state index is -3.58. The summed E-state index contributed by atoms with van der Waals surface area (Å²) in [5, 5.41) is 2.92. The van der Waals surface area contributed by atoms with Crippen LogP contribution in [0.25, 0.3) is 0 Å². The number of hydrogen-bond acceptors (Lipinski definition) is 3. The summed E-state index contributed by atoms with van der Waals surface area (Å²) in [7, 11) is -3.58. The Hall–Kier alpha value is -2.34. The van der Waals surface area contributed by atoms with Crippen molar-refractivity contribution in [1.29, 1.82) is 0 Å². The summed E-state index contributed by atoms with van der Waals surface area (Å²) in [6.07, 6.45) is 2.78. The van der Waals surface area contributed by atoms with Crippen LogP contribution < -0.4 is 9.62 Å². The van der Waals surface area contributed by atoms with Gasteiger partial charge in [-0.2, -0.15) is 0 Å². The van der Waals surface area contributed by atoms with Gasteiger partial charge in [-0.3, -0.25) is 9.10 Å². The van der Waals surface area contributed by atoms with E-state index in [4.69, 9.17) is 0 Å². The molecule has 0 aliphatic heterocycles. The Labute approximate surface area is 162 Å². The third kappa shape index (κ3) is 6.10. The van der Waals surface area contributed by atoms with E-state index >= 15 is 0 Å². The van der Waals surface area contributed by atoms with Gasteiger partial charge in [0.1, 0.15) is 6.54 Å². The molecule has 1 amide bonds. The molecule has 2 aromatic carbocycles. The Kier molecular flexibility index (Phi) is 7.02. The molecule has 5 nitrogen and oxygen atoms in total. The maximum absolute atomic E-state index is 12.5. The number of rotatable bonds is 8. The first kappa shape index (κ1) is 21.0. The molecule has 0 fully saturated rings. The van der Waals surface area contributed by atoms with Gasteiger partial charge in [0.15, 0.2) is 0 Å². The Bertz CT molecular complexity index is 859. The zero-order valence-corrected chi connectivity index (χ0v) is 17.2.